The molecule has 1 atom stereocenters. The van der Waals surface area contributed by atoms with Crippen LogP contribution in [0.3, 0.4) is 0 Å². The third-order valence-corrected chi connectivity index (χ3v) is 3.14. The number of ether oxygens (including phenoxy) is 1. The van der Waals surface area contributed by atoms with Crippen molar-refractivity contribution in [2.24, 2.45) is 11.3 Å². The number of rotatable bonds is 6. The Bertz CT molecular complexity index is 257. The van der Waals surface area contributed by atoms with Crippen molar-refractivity contribution in [1.29, 1.82) is 0 Å². The molecule has 1 rings (SSSR count). The maximum absolute atomic E-state index is 11.8. The molecule has 4 heteroatoms. The van der Waals surface area contributed by atoms with Gasteiger partial charge in [-0.25, -0.2) is 0 Å². The van der Waals surface area contributed by atoms with E-state index in [-0.39, 0.29) is 18.3 Å². The van der Waals surface area contributed by atoms with E-state index in [2.05, 4.69) is 0 Å². The van der Waals surface area contributed by atoms with Crippen molar-refractivity contribution >= 4 is 11.9 Å². The summed E-state index contributed by atoms with van der Waals surface area (Å²) in [6, 6.07) is 0. The lowest BCUT2D eigenvalue weighted by atomic mass is 9.77. The molecule has 1 saturated carbocycles. The molecule has 0 aromatic heterocycles. The molecular formula is C11H18O4. The number of carboxylic acids is 1. The molecule has 1 unspecified atom stereocenters. The minimum absolute atomic E-state index is 0.104. The summed E-state index contributed by atoms with van der Waals surface area (Å²) in [4.78, 5) is 22.6. The summed E-state index contributed by atoms with van der Waals surface area (Å²) >= 11 is 0. The lowest BCUT2D eigenvalue weighted by Crippen LogP contribution is -2.37. The summed E-state index contributed by atoms with van der Waals surface area (Å²) in [5.74, 6) is -1.05. The number of aliphatic carboxylic acids is 1. The van der Waals surface area contributed by atoms with E-state index >= 15 is 0 Å². The molecule has 1 aliphatic carbocycles. The van der Waals surface area contributed by atoms with Crippen molar-refractivity contribution in [2.45, 2.75) is 39.5 Å². The quantitative estimate of drug-likeness (QED) is 0.685. The molecule has 0 aromatic carbocycles. The van der Waals surface area contributed by atoms with Crippen LogP contribution in [0.25, 0.3) is 0 Å². The molecule has 1 fully saturated rings. The summed E-state index contributed by atoms with van der Waals surface area (Å²) in [7, 11) is 0. The largest absolute Gasteiger partial charge is 0.481 e. The fraction of sp³-hybridized carbons (Fsp3) is 0.818. The van der Waals surface area contributed by atoms with Gasteiger partial charge < -0.3 is 9.84 Å². The Balaban J connectivity index is 2.81. The number of carboxylic acid groups (broad SMARTS) is 1. The summed E-state index contributed by atoms with van der Waals surface area (Å²) in [5.41, 5.74) is -0.776. The van der Waals surface area contributed by atoms with Gasteiger partial charge in [-0.15, -0.1) is 0 Å². The number of hydrogen-bond acceptors (Lipinski definition) is 3. The fourth-order valence-corrected chi connectivity index (χ4v) is 2.12. The van der Waals surface area contributed by atoms with Crippen LogP contribution in [0.15, 0.2) is 0 Å². The van der Waals surface area contributed by atoms with Crippen molar-refractivity contribution in [3.63, 3.8) is 0 Å². The first-order valence-electron chi connectivity index (χ1n) is 5.45. The lowest BCUT2D eigenvalue weighted by molar-refractivity contribution is -0.162. The smallest absolute Gasteiger partial charge is 0.312 e. The van der Waals surface area contributed by atoms with E-state index in [4.69, 9.17) is 9.84 Å². The van der Waals surface area contributed by atoms with Gasteiger partial charge in [0.1, 0.15) is 0 Å². The van der Waals surface area contributed by atoms with Crippen LogP contribution in [0, 0.1) is 11.3 Å². The fourth-order valence-electron chi connectivity index (χ4n) is 2.12. The Morgan fingerprint density at radius 3 is 2.33 bits per heavy atom. The SMILES string of the molecule is CCOC(=O)C(CC)(CC(=O)O)C1CC1. The molecule has 4 nitrogen and oxygen atoms in total. The van der Waals surface area contributed by atoms with Gasteiger partial charge in [0.2, 0.25) is 0 Å². The first-order chi connectivity index (χ1) is 7.06. The molecule has 15 heavy (non-hydrogen) atoms. The minimum atomic E-state index is -0.920. The zero-order valence-corrected chi connectivity index (χ0v) is 9.28. The predicted octanol–water partition coefficient (Wildman–Crippen LogP) is 1.83. The van der Waals surface area contributed by atoms with Crippen molar-refractivity contribution in [1.82, 2.24) is 0 Å². The molecule has 1 N–H and O–H groups in total. The van der Waals surface area contributed by atoms with Gasteiger partial charge in [-0.05, 0) is 32.1 Å². The Hall–Kier alpha value is -1.06. The van der Waals surface area contributed by atoms with Crippen LogP contribution in [0.4, 0.5) is 0 Å². The van der Waals surface area contributed by atoms with Crippen molar-refractivity contribution < 1.29 is 19.4 Å². The van der Waals surface area contributed by atoms with Gasteiger partial charge >= 0.3 is 11.9 Å². The summed E-state index contributed by atoms with van der Waals surface area (Å²) in [6.45, 7) is 3.91. The minimum Gasteiger partial charge on any atom is -0.481 e. The average Bonchev–Trinajstić information content (AvgIpc) is 2.97. The second-order valence-electron chi connectivity index (χ2n) is 4.07. The van der Waals surface area contributed by atoms with Crippen LogP contribution in [-0.2, 0) is 14.3 Å². The second kappa shape index (κ2) is 4.64. The molecule has 0 saturated heterocycles. The van der Waals surface area contributed by atoms with Crippen LogP contribution in [0.5, 0.6) is 0 Å². The van der Waals surface area contributed by atoms with E-state index in [0.717, 1.165) is 12.8 Å². The Labute approximate surface area is 89.6 Å². The number of esters is 1. The molecule has 0 aliphatic heterocycles. The maximum Gasteiger partial charge on any atom is 0.312 e. The van der Waals surface area contributed by atoms with Crippen LogP contribution in [-0.4, -0.2) is 23.7 Å². The summed E-state index contributed by atoms with van der Waals surface area (Å²) in [6.07, 6.45) is 2.33. The third kappa shape index (κ3) is 2.49. The van der Waals surface area contributed by atoms with Gasteiger partial charge in [0.05, 0.1) is 18.4 Å². The van der Waals surface area contributed by atoms with Crippen LogP contribution >= 0.6 is 0 Å². The molecule has 0 radical (unpaired) electrons. The van der Waals surface area contributed by atoms with E-state index in [9.17, 15) is 9.59 Å². The van der Waals surface area contributed by atoms with Crippen LogP contribution in [0.1, 0.15) is 39.5 Å². The van der Waals surface area contributed by atoms with Gasteiger partial charge in [-0.1, -0.05) is 6.92 Å². The highest BCUT2D eigenvalue weighted by Crippen LogP contribution is 2.50. The van der Waals surface area contributed by atoms with E-state index in [1.54, 1.807) is 6.92 Å². The van der Waals surface area contributed by atoms with E-state index in [1.165, 1.54) is 0 Å². The lowest BCUT2D eigenvalue weighted by Gasteiger charge is -2.28. The second-order valence-corrected chi connectivity index (χ2v) is 4.07. The highest BCUT2D eigenvalue weighted by atomic mass is 16.5. The van der Waals surface area contributed by atoms with Gasteiger partial charge in [0, 0.05) is 0 Å². The van der Waals surface area contributed by atoms with Gasteiger partial charge in [-0.2, -0.15) is 0 Å². The first kappa shape index (κ1) is 12.0. The first-order valence-corrected chi connectivity index (χ1v) is 5.45. The zero-order chi connectivity index (χ0) is 11.5. The Morgan fingerprint density at radius 1 is 1.40 bits per heavy atom. The highest BCUT2D eigenvalue weighted by molar-refractivity contribution is 5.83. The normalized spacial score (nSPS) is 19.3. The molecule has 1 aliphatic rings. The van der Waals surface area contributed by atoms with Gasteiger partial charge in [0.25, 0.3) is 0 Å². The van der Waals surface area contributed by atoms with E-state index in [0.29, 0.717) is 13.0 Å². The monoisotopic (exact) mass is 214 g/mol. The third-order valence-electron chi connectivity index (χ3n) is 3.14. The molecule has 0 amide bonds. The molecule has 0 bridgehead atoms. The topological polar surface area (TPSA) is 63.6 Å². The molecule has 0 heterocycles. The van der Waals surface area contributed by atoms with Crippen molar-refractivity contribution in [3.05, 3.63) is 0 Å². The molecule has 86 valence electrons. The summed E-state index contributed by atoms with van der Waals surface area (Å²) < 4.78 is 5.00. The molecule has 0 spiro atoms. The zero-order valence-electron chi connectivity index (χ0n) is 9.28. The van der Waals surface area contributed by atoms with Crippen molar-refractivity contribution in [3.8, 4) is 0 Å². The number of carbonyl (C=O) groups is 2. The Morgan fingerprint density at radius 2 is 2.00 bits per heavy atom. The van der Waals surface area contributed by atoms with Crippen LogP contribution in [0.2, 0.25) is 0 Å². The maximum atomic E-state index is 11.8. The van der Waals surface area contributed by atoms with E-state index in [1.807, 2.05) is 6.92 Å². The predicted molar refractivity (Wildman–Crippen MR) is 54.3 cm³/mol. The standard InChI is InChI=1S/C11H18O4/c1-3-11(7-9(12)13,8-5-6-8)10(14)15-4-2/h8H,3-7H2,1-2H3,(H,12,13). The average molecular weight is 214 g/mol. The van der Waals surface area contributed by atoms with Gasteiger partial charge in [-0.3, -0.25) is 9.59 Å². The number of hydrogen-bond donors (Lipinski definition) is 1. The van der Waals surface area contributed by atoms with E-state index < -0.39 is 11.4 Å². The molecular weight excluding hydrogens is 196 g/mol. The number of carbonyl (C=O) groups excluding carboxylic acids is 1. The van der Waals surface area contributed by atoms with Crippen LogP contribution < -0.4 is 0 Å². The Kier molecular flexibility index (Phi) is 3.72. The van der Waals surface area contributed by atoms with Crippen molar-refractivity contribution in [2.75, 3.05) is 6.61 Å². The molecule has 0 aromatic rings. The van der Waals surface area contributed by atoms with Gasteiger partial charge in [0.15, 0.2) is 0 Å². The summed E-state index contributed by atoms with van der Waals surface area (Å²) in [5, 5.41) is 8.87. The highest BCUT2D eigenvalue weighted by Gasteiger charge is 2.51.